The second kappa shape index (κ2) is 6.65. The number of aromatic nitrogens is 3. The van der Waals surface area contributed by atoms with Crippen molar-refractivity contribution in [2.75, 3.05) is 0 Å². The van der Waals surface area contributed by atoms with Crippen LogP contribution < -0.4 is 5.32 Å². The summed E-state index contributed by atoms with van der Waals surface area (Å²) in [6.07, 6.45) is 11.4. The molecule has 0 radical (unpaired) electrons. The van der Waals surface area contributed by atoms with Crippen molar-refractivity contribution >= 4 is 17.1 Å². The summed E-state index contributed by atoms with van der Waals surface area (Å²) in [5, 5.41) is 13.8. The van der Waals surface area contributed by atoms with E-state index in [2.05, 4.69) is 20.3 Å². The number of carbonyl (C=O) groups is 1. The van der Waals surface area contributed by atoms with Gasteiger partial charge in [-0.25, -0.2) is 9.97 Å². The molecule has 140 valence electrons. The Morgan fingerprint density at radius 2 is 2.00 bits per heavy atom. The van der Waals surface area contributed by atoms with E-state index in [1.165, 1.54) is 6.42 Å². The molecule has 0 bridgehead atoms. The third-order valence-electron chi connectivity index (χ3n) is 5.81. The van der Waals surface area contributed by atoms with E-state index in [1.54, 1.807) is 26.2 Å². The largest absolute Gasteiger partial charge is 0.388 e. The third-order valence-corrected chi connectivity index (χ3v) is 5.81. The summed E-state index contributed by atoms with van der Waals surface area (Å²) in [4.78, 5) is 25.2. The van der Waals surface area contributed by atoms with E-state index in [-0.39, 0.29) is 11.9 Å². The van der Waals surface area contributed by atoms with Crippen LogP contribution in [0.2, 0.25) is 0 Å². The van der Waals surface area contributed by atoms with Crippen molar-refractivity contribution < 1.29 is 9.90 Å². The molecule has 1 atom stereocenters. The summed E-state index contributed by atoms with van der Waals surface area (Å²) >= 11 is 0. The van der Waals surface area contributed by atoms with Crippen LogP contribution in [0.4, 0.5) is 0 Å². The maximum absolute atomic E-state index is 13.0. The number of hydrogen-bond donors (Lipinski definition) is 3. The first-order chi connectivity index (χ1) is 12.4. The average molecular weight is 356 g/mol. The molecule has 2 aromatic rings. The molecule has 2 aromatic heterocycles. The number of amides is 1. The van der Waals surface area contributed by atoms with Crippen LogP contribution in [0.25, 0.3) is 11.2 Å². The number of aliphatic hydroxyl groups is 1. The van der Waals surface area contributed by atoms with Gasteiger partial charge in [0.1, 0.15) is 5.52 Å². The molecule has 3 N–H and O–H groups in total. The van der Waals surface area contributed by atoms with Crippen LogP contribution in [-0.4, -0.2) is 37.6 Å². The fourth-order valence-electron chi connectivity index (χ4n) is 4.21. The zero-order chi connectivity index (χ0) is 18.3. The van der Waals surface area contributed by atoms with Crippen molar-refractivity contribution in [2.45, 2.75) is 76.4 Å². The third kappa shape index (κ3) is 3.47. The second-order valence-electron chi connectivity index (χ2n) is 8.47. The monoisotopic (exact) mass is 356 g/mol. The summed E-state index contributed by atoms with van der Waals surface area (Å²) in [6, 6.07) is -0.264. The number of fused-ring (bicyclic) bond motifs is 1. The minimum absolute atomic E-state index is 0.184. The van der Waals surface area contributed by atoms with E-state index in [0.717, 1.165) is 44.2 Å². The summed E-state index contributed by atoms with van der Waals surface area (Å²) in [7, 11) is 0. The van der Waals surface area contributed by atoms with Crippen LogP contribution in [0.3, 0.4) is 0 Å². The van der Waals surface area contributed by atoms with Gasteiger partial charge in [-0.15, -0.1) is 0 Å². The first-order valence-electron chi connectivity index (χ1n) is 9.81. The molecule has 6 nitrogen and oxygen atoms in total. The molecule has 2 heterocycles. The molecule has 1 amide bonds. The van der Waals surface area contributed by atoms with Crippen LogP contribution >= 0.6 is 0 Å². The van der Waals surface area contributed by atoms with Gasteiger partial charge in [0.25, 0.3) is 5.91 Å². The van der Waals surface area contributed by atoms with Crippen LogP contribution in [0.15, 0.2) is 12.4 Å². The van der Waals surface area contributed by atoms with Gasteiger partial charge < -0.3 is 15.4 Å². The minimum Gasteiger partial charge on any atom is -0.388 e. The lowest BCUT2D eigenvalue weighted by Crippen LogP contribution is -2.53. The van der Waals surface area contributed by atoms with Gasteiger partial charge >= 0.3 is 0 Å². The lowest BCUT2D eigenvalue weighted by molar-refractivity contribution is 0.00694. The molecular weight excluding hydrogens is 328 g/mol. The number of carbonyl (C=O) groups excluding carboxylic acids is 1. The van der Waals surface area contributed by atoms with Gasteiger partial charge in [0.2, 0.25) is 0 Å². The van der Waals surface area contributed by atoms with E-state index < -0.39 is 5.60 Å². The molecule has 0 unspecified atom stereocenters. The van der Waals surface area contributed by atoms with Crippen LogP contribution in [0.5, 0.6) is 0 Å². The Morgan fingerprint density at radius 1 is 1.27 bits per heavy atom. The maximum atomic E-state index is 13.0. The number of rotatable bonds is 5. The van der Waals surface area contributed by atoms with E-state index in [0.29, 0.717) is 28.6 Å². The Hall–Kier alpha value is -1.95. The van der Waals surface area contributed by atoms with E-state index in [4.69, 9.17) is 0 Å². The molecule has 2 aliphatic rings. The lowest BCUT2D eigenvalue weighted by atomic mass is 9.77. The van der Waals surface area contributed by atoms with E-state index >= 15 is 0 Å². The highest BCUT2D eigenvalue weighted by Crippen LogP contribution is 2.39. The molecule has 0 saturated heterocycles. The van der Waals surface area contributed by atoms with Crippen LogP contribution in [0, 0.1) is 5.92 Å². The number of nitrogens with zero attached hydrogens (tertiary/aromatic N) is 2. The summed E-state index contributed by atoms with van der Waals surface area (Å²) in [5.74, 6) is 0.617. The number of nitrogens with one attached hydrogen (secondary N) is 2. The topological polar surface area (TPSA) is 90.9 Å². The fourth-order valence-corrected chi connectivity index (χ4v) is 4.21. The van der Waals surface area contributed by atoms with Crippen molar-refractivity contribution in [3.8, 4) is 0 Å². The summed E-state index contributed by atoms with van der Waals surface area (Å²) in [5.41, 5.74) is 1.79. The van der Waals surface area contributed by atoms with Crippen molar-refractivity contribution in [1.82, 2.24) is 20.3 Å². The Balaban J connectivity index is 1.59. The minimum atomic E-state index is -0.964. The molecular formula is C20H28N4O2. The van der Waals surface area contributed by atoms with Gasteiger partial charge in [0.05, 0.1) is 29.1 Å². The van der Waals surface area contributed by atoms with Gasteiger partial charge in [0, 0.05) is 12.1 Å². The molecule has 4 rings (SSSR count). The highest BCUT2D eigenvalue weighted by atomic mass is 16.3. The molecule has 2 saturated carbocycles. The second-order valence-corrected chi connectivity index (χ2v) is 8.47. The SMILES string of the molecule is CC(C)(O)[C@@H](NC(=O)c1c[nH]c2ncc(C3CC3)nc12)C1CCCCC1. The van der Waals surface area contributed by atoms with Crippen molar-refractivity contribution in [3.05, 3.63) is 23.7 Å². The van der Waals surface area contributed by atoms with Crippen LogP contribution in [-0.2, 0) is 0 Å². The summed E-state index contributed by atoms with van der Waals surface area (Å²) in [6.45, 7) is 3.57. The van der Waals surface area contributed by atoms with Gasteiger partial charge in [-0.3, -0.25) is 4.79 Å². The molecule has 0 spiro atoms. The fraction of sp³-hybridized carbons (Fsp3) is 0.650. The smallest absolute Gasteiger partial charge is 0.255 e. The van der Waals surface area contributed by atoms with Gasteiger partial charge in [0.15, 0.2) is 5.65 Å². The molecule has 2 fully saturated rings. The zero-order valence-electron chi connectivity index (χ0n) is 15.6. The molecule has 6 heteroatoms. The Kier molecular flexibility index (Phi) is 4.47. The highest BCUT2D eigenvalue weighted by Gasteiger charge is 2.36. The van der Waals surface area contributed by atoms with Crippen LogP contribution in [0.1, 0.15) is 80.8 Å². The van der Waals surface area contributed by atoms with Crippen molar-refractivity contribution in [1.29, 1.82) is 0 Å². The normalized spacial score (nSPS) is 20.3. The molecule has 0 aliphatic heterocycles. The summed E-state index contributed by atoms with van der Waals surface area (Å²) < 4.78 is 0. The van der Waals surface area contributed by atoms with Crippen molar-refractivity contribution in [3.63, 3.8) is 0 Å². The van der Waals surface area contributed by atoms with E-state index in [9.17, 15) is 9.90 Å². The Labute approximate surface area is 153 Å². The van der Waals surface area contributed by atoms with Gasteiger partial charge in [-0.2, -0.15) is 0 Å². The van der Waals surface area contributed by atoms with Crippen molar-refractivity contribution in [2.24, 2.45) is 5.92 Å². The number of aromatic amines is 1. The van der Waals surface area contributed by atoms with E-state index in [1.807, 2.05) is 0 Å². The average Bonchev–Trinajstić information content (AvgIpc) is 3.38. The first-order valence-corrected chi connectivity index (χ1v) is 9.81. The quantitative estimate of drug-likeness (QED) is 0.767. The first kappa shape index (κ1) is 17.5. The highest BCUT2D eigenvalue weighted by molar-refractivity contribution is 6.04. The lowest BCUT2D eigenvalue weighted by Gasteiger charge is -2.38. The number of hydrogen-bond acceptors (Lipinski definition) is 4. The predicted octanol–water partition coefficient (Wildman–Crippen LogP) is 3.28. The zero-order valence-corrected chi connectivity index (χ0v) is 15.6. The molecule has 26 heavy (non-hydrogen) atoms. The van der Waals surface area contributed by atoms with Gasteiger partial charge in [-0.05, 0) is 45.4 Å². The predicted molar refractivity (Wildman–Crippen MR) is 100.0 cm³/mol. The molecule has 0 aromatic carbocycles. The maximum Gasteiger partial charge on any atom is 0.255 e. The standard InChI is InChI=1S/C20H28N4O2/c1-20(2,26)17(13-6-4-3-5-7-13)24-19(25)14-10-21-18-16(14)23-15(11-22-18)12-8-9-12/h10-13,17,26H,3-9H2,1-2H3,(H,21,22)(H,24,25)/t17-/m0/s1. The number of H-pyrrole nitrogens is 1. The van der Waals surface area contributed by atoms with Gasteiger partial charge in [-0.1, -0.05) is 19.3 Å². The Morgan fingerprint density at radius 3 is 2.65 bits per heavy atom. The Bertz CT molecular complexity index is 798. The molecule has 2 aliphatic carbocycles.